The van der Waals surface area contributed by atoms with Crippen LogP contribution in [0.5, 0.6) is 0 Å². The molecule has 23 heavy (non-hydrogen) atoms. The van der Waals surface area contributed by atoms with Crippen molar-refractivity contribution in [1.29, 1.82) is 0 Å². The summed E-state index contributed by atoms with van der Waals surface area (Å²) in [4.78, 5) is 0. The van der Waals surface area contributed by atoms with E-state index in [1.165, 1.54) is 5.56 Å². The number of furan rings is 1. The topological polar surface area (TPSA) is 58.5 Å². The van der Waals surface area contributed by atoms with Crippen molar-refractivity contribution in [2.75, 3.05) is 26.7 Å². The second kappa shape index (κ2) is 7.75. The predicted molar refractivity (Wildman–Crippen MR) is 89.9 cm³/mol. The van der Waals surface area contributed by atoms with Crippen LogP contribution in [0.15, 0.2) is 46.9 Å². The monoisotopic (exact) mass is 315 g/mol. The van der Waals surface area contributed by atoms with E-state index in [0.29, 0.717) is 5.92 Å². The number of nitrogens with one attached hydrogen (secondary N) is 3. The Labute approximate surface area is 137 Å². The molecule has 3 atom stereocenters. The van der Waals surface area contributed by atoms with Gasteiger partial charge in [0.05, 0.1) is 12.1 Å². The molecular formula is C18H25N3O2. The van der Waals surface area contributed by atoms with Gasteiger partial charge in [-0.2, -0.15) is 0 Å². The highest BCUT2D eigenvalue weighted by Crippen LogP contribution is 2.26. The van der Waals surface area contributed by atoms with E-state index in [9.17, 15) is 0 Å². The molecular weight excluding hydrogens is 290 g/mol. The first-order valence-corrected chi connectivity index (χ1v) is 8.11. The van der Waals surface area contributed by atoms with Crippen molar-refractivity contribution >= 4 is 0 Å². The largest absolute Gasteiger partial charge is 0.465 e. The summed E-state index contributed by atoms with van der Waals surface area (Å²) in [5.41, 5.74) is 7.74. The molecule has 5 nitrogen and oxygen atoms in total. The molecule has 1 aliphatic rings. The van der Waals surface area contributed by atoms with Crippen LogP contribution in [-0.2, 0) is 4.74 Å². The Morgan fingerprint density at radius 3 is 2.78 bits per heavy atom. The van der Waals surface area contributed by atoms with Gasteiger partial charge in [-0.15, -0.1) is 0 Å². The lowest BCUT2D eigenvalue weighted by Gasteiger charge is -2.20. The van der Waals surface area contributed by atoms with Gasteiger partial charge in [-0.1, -0.05) is 30.3 Å². The SMILES string of the molecule is COC(CNCC1CNNC1c1ccc(C)o1)c1ccccc1. The summed E-state index contributed by atoms with van der Waals surface area (Å²) < 4.78 is 11.4. The maximum Gasteiger partial charge on any atom is 0.122 e. The molecule has 1 aromatic carbocycles. The normalized spacial score (nSPS) is 22.3. The second-order valence-corrected chi connectivity index (χ2v) is 6.00. The van der Waals surface area contributed by atoms with Gasteiger partial charge >= 0.3 is 0 Å². The number of aryl methyl sites for hydroxylation is 1. The molecule has 3 rings (SSSR count). The van der Waals surface area contributed by atoms with Gasteiger partial charge in [0, 0.05) is 32.7 Å². The number of benzene rings is 1. The molecule has 3 unspecified atom stereocenters. The summed E-state index contributed by atoms with van der Waals surface area (Å²) in [7, 11) is 1.76. The summed E-state index contributed by atoms with van der Waals surface area (Å²) in [6.07, 6.45) is 0.0721. The third-order valence-electron chi connectivity index (χ3n) is 4.35. The third kappa shape index (κ3) is 4.00. The molecule has 1 aliphatic heterocycles. The van der Waals surface area contributed by atoms with Gasteiger partial charge in [-0.05, 0) is 24.6 Å². The minimum Gasteiger partial charge on any atom is -0.465 e. The number of hydrogen-bond acceptors (Lipinski definition) is 5. The van der Waals surface area contributed by atoms with Crippen molar-refractivity contribution in [2.24, 2.45) is 5.92 Å². The first-order chi connectivity index (χ1) is 11.3. The number of hydrogen-bond donors (Lipinski definition) is 3. The number of hydrazine groups is 1. The fraction of sp³-hybridized carbons (Fsp3) is 0.444. The van der Waals surface area contributed by atoms with E-state index in [1.807, 2.05) is 31.2 Å². The van der Waals surface area contributed by atoms with E-state index in [4.69, 9.17) is 9.15 Å². The zero-order valence-corrected chi connectivity index (χ0v) is 13.7. The van der Waals surface area contributed by atoms with Crippen LogP contribution in [0.4, 0.5) is 0 Å². The van der Waals surface area contributed by atoms with Crippen LogP contribution in [0.3, 0.4) is 0 Å². The maximum absolute atomic E-state index is 5.76. The average molecular weight is 315 g/mol. The minimum absolute atomic E-state index is 0.0721. The van der Waals surface area contributed by atoms with E-state index >= 15 is 0 Å². The lowest BCUT2D eigenvalue weighted by Crippen LogP contribution is -2.31. The van der Waals surface area contributed by atoms with Gasteiger partial charge in [0.15, 0.2) is 0 Å². The molecule has 1 saturated heterocycles. The molecule has 0 saturated carbocycles. The van der Waals surface area contributed by atoms with Crippen LogP contribution < -0.4 is 16.2 Å². The van der Waals surface area contributed by atoms with Crippen LogP contribution in [0.2, 0.25) is 0 Å². The molecule has 2 heterocycles. The van der Waals surface area contributed by atoms with Gasteiger partial charge in [0.2, 0.25) is 0 Å². The Morgan fingerprint density at radius 2 is 2.09 bits per heavy atom. The van der Waals surface area contributed by atoms with Crippen LogP contribution in [0, 0.1) is 12.8 Å². The molecule has 0 bridgehead atoms. The molecule has 0 spiro atoms. The van der Waals surface area contributed by atoms with E-state index in [-0.39, 0.29) is 12.1 Å². The molecule has 5 heteroatoms. The Balaban J connectivity index is 1.53. The van der Waals surface area contributed by atoms with Gasteiger partial charge < -0.3 is 14.5 Å². The smallest absolute Gasteiger partial charge is 0.122 e. The number of ether oxygens (including phenoxy) is 1. The van der Waals surface area contributed by atoms with Crippen molar-refractivity contribution in [1.82, 2.24) is 16.2 Å². The first-order valence-electron chi connectivity index (χ1n) is 8.11. The highest BCUT2D eigenvalue weighted by atomic mass is 16.5. The fourth-order valence-electron chi connectivity index (χ4n) is 3.05. The van der Waals surface area contributed by atoms with E-state index < -0.39 is 0 Å². The van der Waals surface area contributed by atoms with E-state index in [2.05, 4.69) is 34.4 Å². The fourth-order valence-corrected chi connectivity index (χ4v) is 3.05. The summed E-state index contributed by atoms with van der Waals surface area (Å²) in [5, 5.41) is 3.54. The lowest BCUT2D eigenvalue weighted by atomic mass is 9.99. The number of rotatable bonds is 7. The zero-order chi connectivity index (χ0) is 16.1. The van der Waals surface area contributed by atoms with Crippen LogP contribution >= 0.6 is 0 Å². The molecule has 0 radical (unpaired) electrons. The van der Waals surface area contributed by atoms with Crippen molar-refractivity contribution in [3.05, 3.63) is 59.5 Å². The minimum atomic E-state index is 0.0721. The van der Waals surface area contributed by atoms with Gasteiger partial charge in [-0.25, -0.2) is 5.43 Å². The van der Waals surface area contributed by atoms with Gasteiger partial charge in [-0.3, -0.25) is 5.43 Å². The molecule has 124 valence electrons. The molecule has 3 N–H and O–H groups in total. The zero-order valence-electron chi connectivity index (χ0n) is 13.7. The molecule has 1 fully saturated rings. The van der Waals surface area contributed by atoms with Crippen molar-refractivity contribution in [3.8, 4) is 0 Å². The Kier molecular flexibility index (Phi) is 5.46. The Hall–Kier alpha value is -1.66. The standard InChI is InChI=1S/C18H25N3O2/c1-13-8-9-16(23-13)18-15(11-20-21-18)10-19-12-17(22-2)14-6-4-3-5-7-14/h3-9,15,17-21H,10-12H2,1-2H3. The lowest BCUT2D eigenvalue weighted by molar-refractivity contribution is 0.101. The first kappa shape index (κ1) is 16.2. The summed E-state index contributed by atoms with van der Waals surface area (Å²) in [6.45, 7) is 4.58. The Morgan fingerprint density at radius 1 is 1.26 bits per heavy atom. The summed E-state index contributed by atoms with van der Waals surface area (Å²) in [5.74, 6) is 2.38. The molecule has 0 amide bonds. The van der Waals surface area contributed by atoms with Gasteiger partial charge in [0.1, 0.15) is 11.5 Å². The quantitative estimate of drug-likeness (QED) is 0.732. The maximum atomic E-state index is 5.76. The highest BCUT2D eigenvalue weighted by Gasteiger charge is 2.30. The Bertz CT molecular complexity index is 599. The van der Waals surface area contributed by atoms with E-state index in [1.54, 1.807) is 7.11 Å². The molecule has 1 aromatic heterocycles. The summed E-state index contributed by atoms with van der Waals surface area (Å²) in [6, 6.07) is 14.6. The second-order valence-electron chi connectivity index (χ2n) is 6.00. The molecule has 0 aliphatic carbocycles. The summed E-state index contributed by atoms with van der Waals surface area (Å²) >= 11 is 0. The van der Waals surface area contributed by atoms with E-state index in [0.717, 1.165) is 31.2 Å². The molecule has 2 aromatic rings. The predicted octanol–water partition coefficient (Wildman–Crippen LogP) is 2.33. The van der Waals surface area contributed by atoms with Gasteiger partial charge in [0.25, 0.3) is 0 Å². The van der Waals surface area contributed by atoms with Crippen LogP contribution in [0.1, 0.15) is 29.2 Å². The van der Waals surface area contributed by atoms with Crippen molar-refractivity contribution in [2.45, 2.75) is 19.1 Å². The van der Waals surface area contributed by atoms with Crippen LogP contribution in [0.25, 0.3) is 0 Å². The van der Waals surface area contributed by atoms with Crippen molar-refractivity contribution in [3.63, 3.8) is 0 Å². The van der Waals surface area contributed by atoms with Crippen LogP contribution in [-0.4, -0.2) is 26.7 Å². The highest BCUT2D eigenvalue weighted by molar-refractivity contribution is 5.18. The average Bonchev–Trinajstić information content (AvgIpc) is 3.21. The number of methoxy groups -OCH3 is 1. The van der Waals surface area contributed by atoms with Crippen molar-refractivity contribution < 1.29 is 9.15 Å². The third-order valence-corrected chi connectivity index (χ3v) is 4.35.